The molecule has 1 N–H and O–H groups in total. The van der Waals surface area contributed by atoms with Gasteiger partial charge in [-0.15, -0.1) is 0 Å². The molecule has 102 valence electrons. The van der Waals surface area contributed by atoms with Crippen LogP contribution in [0.5, 0.6) is 0 Å². The van der Waals surface area contributed by atoms with Crippen molar-refractivity contribution in [2.24, 2.45) is 0 Å². The first kappa shape index (κ1) is 13.8. The zero-order chi connectivity index (χ0) is 13.7. The summed E-state index contributed by atoms with van der Waals surface area (Å²) < 4.78 is 20.2. The number of ether oxygens (including phenoxy) is 1. The first-order valence-electron chi connectivity index (χ1n) is 5.92. The van der Waals surface area contributed by atoms with E-state index in [9.17, 15) is 4.39 Å². The lowest BCUT2D eigenvalue weighted by Crippen LogP contribution is -2.05. The van der Waals surface area contributed by atoms with Gasteiger partial charge in [-0.25, -0.2) is 9.37 Å². The first-order chi connectivity index (χ1) is 9.19. The Hall–Kier alpha value is -1.59. The molecule has 0 radical (unpaired) electrons. The van der Waals surface area contributed by atoms with Crippen LogP contribution < -0.4 is 5.32 Å². The quantitative estimate of drug-likeness (QED) is 0.825. The Labute approximate surface area is 116 Å². The van der Waals surface area contributed by atoms with Crippen LogP contribution in [0.2, 0.25) is 5.02 Å². The first-order valence-corrected chi connectivity index (χ1v) is 6.30. The van der Waals surface area contributed by atoms with Crippen molar-refractivity contribution in [2.45, 2.75) is 13.0 Å². The summed E-state index contributed by atoms with van der Waals surface area (Å²) in [5.41, 5.74) is 0.573. The Kier molecular flexibility index (Phi) is 4.76. The monoisotopic (exact) mass is 283 g/mol. The second-order valence-corrected chi connectivity index (χ2v) is 4.51. The van der Waals surface area contributed by atoms with Gasteiger partial charge in [0.15, 0.2) is 0 Å². The largest absolute Gasteiger partial charge is 0.385 e. The van der Waals surface area contributed by atoms with Crippen LogP contribution in [0.3, 0.4) is 0 Å². The number of hydrogen-bond donors (Lipinski definition) is 1. The molecule has 0 unspecified atom stereocenters. The number of anilines is 2. The minimum atomic E-state index is -0.382. The lowest BCUT2D eigenvalue weighted by atomic mass is 10.3. The molecule has 1 aromatic heterocycles. The van der Waals surface area contributed by atoms with E-state index in [1.165, 1.54) is 12.1 Å². The maximum atomic E-state index is 13.2. The third kappa shape index (κ3) is 3.94. The highest BCUT2D eigenvalue weighted by atomic mass is 35.5. The second kappa shape index (κ2) is 6.54. The predicted molar refractivity (Wildman–Crippen MR) is 73.4 cm³/mol. The number of nitrogens with one attached hydrogen (secondary N) is 1. The summed E-state index contributed by atoms with van der Waals surface area (Å²) >= 11 is 5.81. The van der Waals surface area contributed by atoms with Crippen molar-refractivity contribution in [1.29, 1.82) is 0 Å². The van der Waals surface area contributed by atoms with Gasteiger partial charge in [0.05, 0.1) is 0 Å². The Morgan fingerprint density at radius 1 is 1.42 bits per heavy atom. The molecule has 0 atom stereocenters. The van der Waals surface area contributed by atoms with Crippen molar-refractivity contribution in [3.63, 3.8) is 0 Å². The van der Waals surface area contributed by atoms with Gasteiger partial charge in [-0.3, -0.25) is 0 Å². The summed E-state index contributed by atoms with van der Waals surface area (Å²) in [7, 11) is 1.67. The molecule has 4 nitrogen and oxygen atoms in total. The summed E-state index contributed by atoms with van der Waals surface area (Å²) in [5, 5.41) is 3.39. The average molecular weight is 284 g/mol. The number of imidazole rings is 1. The van der Waals surface area contributed by atoms with Gasteiger partial charge in [0, 0.05) is 43.4 Å². The molecule has 6 heteroatoms. The molecule has 0 aliphatic heterocycles. The molecule has 0 aliphatic carbocycles. The Morgan fingerprint density at radius 2 is 2.26 bits per heavy atom. The topological polar surface area (TPSA) is 39.1 Å². The normalized spacial score (nSPS) is 10.7. The van der Waals surface area contributed by atoms with Crippen molar-refractivity contribution in [3.05, 3.63) is 41.4 Å². The van der Waals surface area contributed by atoms with Crippen LogP contribution in [0.15, 0.2) is 30.6 Å². The highest BCUT2D eigenvalue weighted by molar-refractivity contribution is 6.30. The fourth-order valence-electron chi connectivity index (χ4n) is 1.75. The minimum absolute atomic E-state index is 0.347. The molecule has 1 aromatic carbocycles. The maximum absolute atomic E-state index is 13.2. The molecule has 0 bridgehead atoms. The van der Waals surface area contributed by atoms with E-state index < -0.39 is 0 Å². The van der Waals surface area contributed by atoms with E-state index in [0.29, 0.717) is 23.3 Å². The SMILES string of the molecule is COCCCn1ccnc1Nc1cc(F)cc(Cl)c1. The molecule has 0 amide bonds. The van der Waals surface area contributed by atoms with Gasteiger partial charge in [-0.05, 0) is 24.6 Å². The molecule has 19 heavy (non-hydrogen) atoms. The van der Waals surface area contributed by atoms with Crippen LogP contribution in [0.25, 0.3) is 0 Å². The zero-order valence-corrected chi connectivity index (χ0v) is 11.3. The van der Waals surface area contributed by atoms with Gasteiger partial charge >= 0.3 is 0 Å². The lowest BCUT2D eigenvalue weighted by Gasteiger charge is -2.10. The molecule has 2 rings (SSSR count). The lowest BCUT2D eigenvalue weighted by molar-refractivity contribution is 0.190. The number of rotatable bonds is 6. The summed E-state index contributed by atoms with van der Waals surface area (Å²) in [6, 6.07) is 4.29. The van der Waals surface area contributed by atoms with Gasteiger partial charge < -0.3 is 14.6 Å². The number of methoxy groups -OCH3 is 1. The number of aryl methyl sites for hydroxylation is 1. The second-order valence-electron chi connectivity index (χ2n) is 4.07. The number of benzene rings is 1. The Bertz CT molecular complexity index is 524. The maximum Gasteiger partial charge on any atom is 0.207 e. The number of nitrogens with zero attached hydrogens (tertiary/aromatic N) is 2. The van der Waals surface area contributed by atoms with Crippen LogP contribution >= 0.6 is 11.6 Å². The minimum Gasteiger partial charge on any atom is -0.385 e. The van der Waals surface area contributed by atoms with Crippen molar-refractivity contribution >= 4 is 23.2 Å². The van der Waals surface area contributed by atoms with Crippen molar-refractivity contribution in [3.8, 4) is 0 Å². The Morgan fingerprint density at radius 3 is 3.00 bits per heavy atom. The summed E-state index contributed by atoms with van der Waals surface area (Å²) in [6.07, 6.45) is 4.43. The summed E-state index contributed by atoms with van der Waals surface area (Å²) in [6.45, 7) is 1.46. The number of hydrogen-bond acceptors (Lipinski definition) is 3. The molecule has 1 heterocycles. The fraction of sp³-hybridized carbons (Fsp3) is 0.308. The molecular formula is C13H15ClFN3O. The van der Waals surface area contributed by atoms with Gasteiger partial charge in [0.2, 0.25) is 5.95 Å². The van der Waals surface area contributed by atoms with Crippen LogP contribution in [0.1, 0.15) is 6.42 Å². The third-order valence-corrected chi connectivity index (χ3v) is 2.80. The molecule has 0 fully saturated rings. The van der Waals surface area contributed by atoms with Gasteiger partial charge in [-0.1, -0.05) is 11.6 Å². The van der Waals surface area contributed by atoms with Crippen LogP contribution in [0.4, 0.5) is 16.0 Å². The van der Waals surface area contributed by atoms with Gasteiger partial charge in [0.1, 0.15) is 5.82 Å². The predicted octanol–water partition coefficient (Wildman–Crippen LogP) is 3.46. The van der Waals surface area contributed by atoms with E-state index in [-0.39, 0.29) is 5.82 Å². The van der Waals surface area contributed by atoms with Gasteiger partial charge in [-0.2, -0.15) is 0 Å². The van der Waals surface area contributed by atoms with Crippen LogP contribution in [0, 0.1) is 5.82 Å². The van der Waals surface area contributed by atoms with Crippen molar-refractivity contribution < 1.29 is 9.13 Å². The molecule has 0 spiro atoms. The molecule has 0 saturated carbocycles. The third-order valence-electron chi connectivity index (χ3n) is 2.58. The average Bonchev–Trinajstić information content (AvgIpc) is 2.76. The summed E-state index contributed by atoms with van der Waals surface area (Å²) in [4.78, 5) is 4.20. The van der Waals surface area contributed by atoms with Crippen molar-refractivity contribution in [2.75, 3.05) is 19.0 Å². The van der Waals surface area contributed by atoms with E-state index in [1.54, 1.807) is 19.4 Å². The number of aromatic nitrogens is 2. The van der Waals surface area contributed by atoms with Crippen LogP contribution in [-0.4, -0.2) is 23.3 Å². The van der Waals surface area contributed by atoms with E-state index in [1.807, 2.05) is 10.8 Å². The fourth-order valence-corrected chi connectivity index (χ4v) is 1.97. The van der Waals surface area contributed by atoms with E-state index in [0.717, 1.165) is 13.0 Å². The number of halogens is 2. The molecular weight excluding hydrogens is 269 g/mol. The highest BCUT2D eigenvalue weighted by Crippen LogP contribution is 2.21. The van der Waals surface area contributed by atoms with Gasteiger partial charge in [0.25, 0.3) is 0 Å². The Balaban J connectivity index is 2.08. The standard InChI is InChI=1S/C13H15ClFN3O/c1-19-6-2-4-18-5-3-16-13(18)17-12-8-10(14)7-11(15)9-12/h3,5,7-9H,2,4,6H2,1H3,(H,16,17). The smallest absolute Gasteiger partial charge is 0.207 e. The van der Waals surface area contributed by atoms with E-state index in [4.69, 9.17) is 16.3 Å². The highest BCUT2D eigenvalue weighted by Gasteiger charge is 2.05. The van der Waals surface area contributed by atoms with Crippen molar-refractivity contribution in [1.82, 2.24) is 9.55 Å². The molecule has 0 saturated heterocycles. The molecule has 2 aromatic rings. The zero-order valence-electron chi connectivity index (χ0n) is 10.6. The molecule has 0 aliphatic rings. The van der Waals surface area contributed by atoms with E-state index >= 15 is 0 Å². The summed E-state index contributed by atoms with van der Waals surface area (Å²) in [5.74, 6) is 0.269. The van der Waals surface area contributed by atoms with Crippen LogP contribution in [-0.2, 0) is 11.3 Å². The van der Waals surface area contributed by atoms with E-state index in [2.05, 4.69) is 10.3 Å².